The first-order valence-electron chi connectivity index (χ1n) is 5.53. The molecule has 0 amide bonds. The fourth-order valence-corrected chi connectivity index (χ4v) is 2.23. The maximum absolute atomic E-state index is 13.5. The molecular weight excluding hydrogens is 209 g/mol. The molecule has 2 rings (SSSR count). The Morgan fingerprint density at radius 1 is 1.25 bits per heavy atom. The van der Waals surface area contributed by atoms with Gasteiger partial charge < -0.3 is 15.5 Å². The standard InChI is InChI=1S/C12H16FNO2/c1-7-6-9(8-2-4-14-5-3-8)12(16)10(13)11(7)15/h6,8,14-16H,2-5H2,1H3. The summed E-state index contributed by atoms with van der Waals surface area (Å²) in [7, 11) is 0. The van der Waals surface area contributed by atoms with Crippen molar-refractivity contribution in [2.45, 2.75) is 25.7 Å². The average molecular weight is 225 g/mol. The molecule has 1 fully saturated rings. The van der Waals surface area contributed by atoms with E-state index in [1.165, 1.54) is 0 Å². The molecule has 1 heterocycles. The van der Waals surface area contributed by atoms with E-state index in [0.717, 1.165) is 25.9 Å². The predicted molar refractivity (Wildman–Crippen MR) is 59.3 cm³/mol. The molecule has 0 spiro atoms. The molecule has 16 heavy (non-hydrogen) atoms. The molecule has 3 N–H and O–H groups in total. The van der Waals surface area contributed by atoms with Crippen molar-refractivity contribution >= 4 is 0 Å². The van der Waals surface area contributed by atoms with Crippen LogP contribution in [0.25, 0.3) is 0 Å². The van der Waals surface area contributed by atoms with E-state index in [1.54, 1.807) is 13.0 Å². The Bertz CT molecular complexity index is 400. The van der Waals surface area contributed by atoms with Crippen LogP contribution in [-0.2, 0) is 0 Å². The summed E-state index contributed by atoms with van der Waals surface area (Å²) in [6, 6.07) is 1.68. The number of nitrogens with one attached hydrogen (secondary N) is 1. The zero-order valence-corrected chi connectivity index (χ0v) is 9.26. The minimum absolute atomic E-state index is 0.176. The minimum atomic E-state index is -0.895. The van der Waals surface area contributed by atoms with Crippen LogP contribution < -0.4 is 5.32 Å². The van der Waals surface area contributed by atoms with Gasteiger partial charge in [-0.1, -0.05) is 0 Å². The lowest BCUT2D eigenvalue weighted by Crippen LogP contribution is -2.26. The minimum Gasteiger partial charge on any atom is -0.505 e. The highest BCUT2D eigenvalue weighted by Crippen LogP contribution is 2.38. The summed E-state index contributed by atoms with van der Waals surface area (Å²) in [6.45, 7) is 3.40. The molecule has 1 saturated heterocycles. The van der Waals surface area contributed by atoms with Crippen molar-refractivity contribution < 1.29 is 14.6 Å². The molecule has 1 aliphatic heterocycles. The Hall–Kier alpha value is -1.29. The molecule has 4 heteroatoms. The van der Waals surface area contributed by atoms with Crippen LogP contribution in [0.15, 0.2) is 6.07 Å². The molecule has 1 aliphatic rings. The SMILES string of the molecule is Cc1cc(C2CCNCC2)c(O)c(F)c1O. The second-order valence-corrected chi connectivity index (χ2v) is 4.32. The highest BCUT2D eigenvalue weighted by atomic mass is 19.1. The largest absolute Gasteiger partial charge is 0.505 e. The van der Waals surface area contributed by atoms with Gasteiger partial charge in [-0.25, -0.2) is 0 Å². The summed E-state index contributed by atoms with van der Waals surface area (Å²) in [5.74, 6) is -1.56. The van der Waals surface area contributed by atoms with Crippen LogP contribution in [0.4, 0.5) is 4.39 Å². The monoisotopic (exact) mass is 225 g/mol. The fourth-order valence-electron chi connectivity index (χ4n) is 2.23. The number of halogens is 1. The average Bonchev–Trinajstić information content (AvgIpc) is 2.32. The Balaban J connectivity index is 2.40. The van der Waals surface area contributed by atoms with E-state index < -0.39 is 17.3 Å². The van der Waals surface area contributed by atoms with E-state index in [1.807, 2.05) is 0 Å². The van der Waals surface area contributed by atoms with Crippen molar-refractivity contribution in [3.05, 3.63) is 23.0 Å². The van der Waals surface area contributed by atoms with Crippen molar-refractivity contribution in [3.8, 4) is 11.5 Å². The molecule has 0 atom stereocenters. The Morgan fingerprint density at radius 2 is 1.88 bits per heavy atom. The molecule has 0 bridgehead atoms. The topological polar surface area (TPSA) is 52.5 Å². The van der Waals surface area contributed by atoms with Crippen LogP contribution in [-0.4, -0.2) is 23.3 Å². The predicted octanol–water partition coefficient (Wildman–Crippen LogP) is 2.01. The van der Waals surface area contributed by atoms with E-state index in [9.17, 15) is 14.6 Å². The van der Waals surface area contributed by atoms with E-state index >= 15 is 0 Å². The number of phenolic OH excluding ortho intramolecular Hbond substituents is 2. The number of aryl methyl sites for hydroxylation is 1. The van der Waals surface area contributed by atoms with Crippen molar-refractivity contribution in [2.75, 3.05) is 13.1 Å². The lowest BCUT2D eigenvalue weighted by Gasteiger charge is -2.24. The highest BCUT2D eigenvalue weighted by molar-refractivity contribution is 5.47. The van der Waals surface area contributed by atoms with Gasteiger partial charge in [-0.05, 0) is 50.4 Å². The molecule has 3 nitrogen and oxygen atoms in total. The molecule has 0 aliphatic carbocycles. The van der Waals surface area contributed by atoms with E-state index in [0.29, 0.717) is 11.1 Å². The molecular formula is C12H16FNO2. The summed E-state index contributed by atoms with van der Waals surface area (Å²) in [4.78, 5) is 0. The number of phenols is 2. The van der Waals surface area contributed by atoms with Gasteiger partial charge >= 0.3 is 0 Å². The number of hydrogen-bond donors (Lipinski definition) is 3. The number of aromatic hydroxyl groups is 2. The molecule has 0 saturated carbocycles. The quantitative estimate of drug-likeness (QED) is 0.685. The van der Waals surface area contributed by atoms with Crippen molar-refractivity contribution in [1.29, 1.82) is 0 Å². The molecule has 0 unspecified atom stereocenters. The number of piperidine rings is 1. The Morgan fingerprint density at radius 3 is 2.50 bits per heavy atom. The summed E-state index contributed by atoms with van der Waals surface area (Å²) in [5, 5.41) is 22.3. The zero-order chi connectivity index (χ0) is 11.7. The number of rotatable bonds is 1. The summed E-state index contributed by atoms with van der Waals surface area (Å²) < 4.78 is 13.5. The van der Waals surface area contributed by atoms with Crippen LogP contribution in [0.1, 0.15) is 29.9 Å². The van der Waals surface area contributed by atoms with Gasteiger partial charge in [0.2, 0.25) is 5.82 Å². The first-order valence-corrected chi connectivity index (χ1v) is 5.53. The fraction of sp³-hybridized carbons (Fsp3) is 0.500. The van der Waals surface area contributed by atoms with Gasteiger partial charge in [-0.2, -0.15) is 4.39 Å². The maximum atomic E-state index is 13.5. The number of benzene rings is 1. The van der Waals surface area contributed by atoms with E-state index in [4.69, 9.17) is 0 Å². The molecule has 1 aromatic carbocycles. The lowest BCUT2D eigenvalue weighted by atomic mass is 9.88. The lowest BCUT2D eigenvalue weighted by molar-refractivity contribution is 0.371. The van der Waals surface area contributed by atoms with Crippen molar-refractivity contribution in [2.24, 2.45) is 0 Å². The molecule has 1 aromatic rings. The van der Waals surface area contributed by atoms with Gasteiger partial charge in [-0.15, -0.1) is 0 Å². The second kappa shape index (κ2) is 4.29. The van der Waals surface area contributed by atoms with Gasteiger partial charge in [0.15, 0.2) is 11.5 Å². The van der Waals surface area contributed by atoms with Crippen LogP contribution in [0.2, 0.25) is 0 Å². The van der Waals surface area contributed by atoms with Gasteiger partial charge in [0, 0.05) is 5.56 Å². The van der Waals surface area contributed by atoms with Gasteiger partial charge in [0.1, 0.15) is 0 Å². The normalized spacial score (nSPS) is 17.6. The molecule has 0 aromatic heterocycles. The second-order valence-electron chi connectivity index (χ2n) is 4.32. The first kappa shape index (κ1) is 11.2. The van der Waals surface area contributed by atoms with Gasteiger partial charge in [0.05, 0.1) is 0 Å². The summed E-state index contributed by atoms with van der Waals surface area (Å²) in [5.41, 5.74) is 1.10. The van der Waals surface area contributed by atoms with Gasteiger partial charge in [0.25, 0.3) is 0 Å². The summed E-state index contributed by atoms with van der Waals surface area (Å²) >= 11 is 0. The Labute approximate surface area is 93.9 Å². The molecule has 0 radical (unpaired) electrons. The highest BCUT2D eigenvalue weighted by Gasteiger charge is 2.23. The third-order valence-electron chi connectivity index (χ3n) is 3.21. The maximum Gasteiger partial charge on any atom is 0.206 e. The zero-order valence-electron chi connectivity index (χ0n) is 9.26. The smallest absolute Gasteiger partial charge is 0.206 e. The van der Waals surface area contributed by atoms with Gasteiger partial charge in [-0.3, -0.25) is 0 Å². The first-order chi connectivity index (χ1) is 7.61. The van der Waals surface area contributed by atoms with Crippen LogP contribution >= 0.6 is 0 Å². The van der Waals surface area contributed by atoms with Crippen LogP contribution in [0.5, 0.6) is 11.5 Å². The van der Waals surface area contributed by atoms with Crippen molar-refractivity contribution in [1.82, 2.24) is 5.32 Å². The van der Waals surface area contributed by atoms with Crippen molar-refractivity contribution in [3.63, 3.8) is 0 Å². The third-order valence-corrected chi connectivity index (χ3v) is 3.21. The van der Waals surface area contributed by atoms with Crippen LogP contribution in [0, 0.1) is 12.7 Å². The number of hydrogen-bond acceptors (Lipinski definition) is 3. The van der Waals surface area contributed by atoms with E-state index in [-0.39, 0.29) is 5.92 Å². The Kier molecular flexibility index (Phi) is 3.01. The van der Waals surface area contributed by atoms with Crippen LogP contribution in [0.3, 0.4) is 0 Å². The van der Waals surface area contributed by atoms with E-state index in [2.05, 4.69) is 5.32 Å². The third kappa shape index (κ3) is 1.85. The summed E-state index contributed by atoms with van der Waals surface area (Å²) in [6.07, 6.45) is 1.77. The molecule has 88 valence electrons.